The molecule has 0 fully saturated rings. The predicted octanol–water partition coefficient (Wildman–Crippen LogP) is 2.94. The van der Waals surface area contributed by atoms with E-state index in [0.29, 0.717) is 10.9 Å². The van der Waals surface area contributed by atoms with E-state index >= 15 is 0 Å². The number of ether oxygens (including phenoxy) is 1. The number of fused-ring (bicyclic) bond motifs is 1. The van der Waals surface area contributed by atoms with E-state index in [4.69, 9.17) is 11.2 Å². The van der Waals surface area contributed by atoms with E-state index in [9.17, 15) is 9.18 Å². The predicted molar refractivity (Wildman–Crippen MR) is 69.3 cm³/mol. The lowest BCUT2D eigenvalue weighted by Crippen LogP contribution is -2.27. The van der Waals surface area contributed by atoms with Crippen molar-refractivity contribution in [3.63, 3.8) is 0 Å². The molecule has 0 aliphatic carbocycles. The number of hydrogen-bond acceptors (Lipinski definition) is 3. The first-order chi connectivity index (χ1) is 8.81. The Hall–Kier alpha value is -2.35. The fourth-order valence-electron chi connectivity index (χ4n) is 1.65. The summed E-state index contributed by atoms with van der Waals surface area (Å²) in [6.07, 6.45) is 5.88. The van der Waals surface area contributed by atoms with Crippen LogP contribution in [0.1, 0.15) is 26.3 Å². The van der Waals surface area contributed by atoms with Gasteiger partial charge in [-0.2, -0.15) is 9.78 Å². The molecule has 0 unspecified atom stereocenters. The SMILES string of the molecule is C#Cc1cc(F)c2c(cnn2C(=O)OC(C)(C)C)c1. The average Bonchev–Trinajstić information content (AvgIpc) is 2.70. The Morgan fingerprint density at radius 2 is 2.16 bits per heavy atom. The molecule has 0 radical (unpaired) electrons. The van der Waals surface area contributed by atoms with E-state index in [0.717, 1.165) is 4.68 Å². The number of terminal acetylenes is 1. The Morgan fingerprint density at radius 3 is 2.74 bits per heavy atom. The maximum Gasteiger partial charge on any atom is 0.435 e. The largest absolute Gasteiger partial charge is 0.442 e. The maximum absolute atomic E-state index is 14.0. The molecule has 0 aliphatic heterocycles. The Labute approximate surface area is 110 Å². The Morgan fingerprint density at radius 1 is 1.47 bits per heavy atom. The molecule has 2 rings (SSSR count). The summed E-state index contributed by atoms with van der Waals surface area (Å²) < 4.78 is 20.0. The molecular weight excluding hydrogens is 247 g/mol. The summed E-state index contributed by atoms with van der Waals surface area (Å²) in [7, 11) is 0. The summed E-state index contributed by atoms with van der Waals surface area (Å²) in [5.41, 5.74) is -0.216. The molecule has 0 spiro atoms. The van der Waals surface area contributed by atoms with Gasteiger partial charge in [-0.15, -0.1) is 6.42 Å². The first kappa shape index (κ1) is 13.1. The lowest BCUT2D eigenvalue weighted by molar-refractivity contribution is 0.0521. The summed E-state index contributed by atoms with van der Waals surface area (Å²) in [4.78, 5) is 11.9. The highest BCUT2D eigenvalue weighted by atomic mass is 19.1. The third-order valence-electron chi connectivity index (χ3n) is 2.35. The second-order valence-corrected chi connectivity index (χ2v) is 5.08. The van der Waals surface area contributed by atoms with Gasteiger partial charge in [0.25, 0.3) is 0 Å². The lowest BCUT2D eigenvalue weighted by Gasteiger charge is -2.19. The van der Waals surface area contributed by atoms with Crippen LogP contribution in [0.4, 0.5) is 9.18 Å². The molecule has 1 aromatic heterocycles. The van der Waals surface area contributed by atoms with Crippen molar-refractivity contribution in [3.05, 3.63) is 29.7 Å². The van der Waals surface area contributed by atoms with Gasteiger partial charge in [-0.1, -0.05) is 5.92 Å². The van der Waals surface area contributed by atoms with Crippen LogP contribution in [-0.2, 0) is 4.74 Å². The first-order valence-electron chi connectivity index (χ1n) is 5.69. The normalized spacial score (nSPS) is 11.3. The van der Waals surface area contributed by atoms with Gasteiger partial charge in [0, 0.05) is 10.9 Å². The van der Waals surface area contributed by atoms with Crippen molar-refractivity contribution in [3.8, 4) is 12.3 Å². The third-order valence-corrected chi connectivity index (χ3v) is 2.35. The van der Waals surface area contributed by atoms with Crippen LogP contribution in [-0.4, -0.2) is 21.5 Å². The standard InChI is InChI=1S/C14H13FN2O2/c1-5-9-6-10-8-16-17(12(10)11(15)7-9)13(18)19-14(2,3)4/h1,6-8H,2-4H3. The van der Waals surface area contributed by atoms with Crippen molar-refractivity contribution in [2.75, 3.05) is 0 Å². The summed E-state index contributed by atoms with van der Waals surface area (Å²) >= 11 is 0. The molecule has 0 saturated carbocycles. The van der Waals surface area contributed by atoms with Gasteiger partial charge in [0.05, 0.1) is 6.20 Å². The van der Waals surface area contributed by atoms with Gasteiger partial charge in [0.1, 0.15) is 11.1 Å². The van der Waals surface area contributed by atoms with Crippen LogP contribution in [0.5, 0.6) is 0 Å². The highest BCUT2D eigenvalue weighted by Crippen LogP contribution is 2.21. The minimum absolute atomic E-state index is 0.0632. The molecule has 0 N–H and O–H groups in total. The molecule has 0 atom stereocenters. The highest BCUT2D eigenvalue weighted by molar-refractivity contribution is 5.89. The van der Waals surface area contributed by atoms with Gasteiger partial charge in [-0.3, -0.25) is 0 Å². The van der Waals surface area contributed by atoms with E-state index < -0.39 is 17.5 Å². The minimum atomic E-state index is -0.727. The zero-order valence-electron chi connectivity index (χ0n) is 10.9. The fourth-order valence-corrected chi connectivity index (χ4v) is 1.65. The topological polar surface area (TPSA) is 44.1 Å². The molecule has 0 amide bonds. The van der Waals surface area contributed by atoms with Gasteiger partial charge < -0.3 is 4.74 Å². The second kappa shape index (κ2) is 4.39. The molecule has 4 nitrogen and oxygen atoms in total. The van der Waals surface area contributed by atoms with Crippen LogP contribution >= 0.6 is 0 Å². The van der Waals surface area contributed by atoms with E-state index in [-0.39, 0.29) is 5.52 Å². The number of hydrogen-bond donors (Lipinski definition) is 0. The van der Waals surface area contributed by atoms with Crippen molar-refractivity contribution in [2.24, 2.45) is 0 Å². The number of carbonyl (C=O) groups is 1. The van der Waals surface area contributed by atoms with Crippen LogP contribution < -0.4 is 0 Å². The molecular formula is C14H13FN2O2. The molecule has 98 valence electrons. The van der Waals surface area contributed by atoms with Crippen molar-refractivity contribution >= 4 is 17.0 Å². The van der Waals surface area contributed by atoms with E-state index in [1.54, 1.807) is 26.8 Å². The zero-order chi connectivity index (χ0) is 14.2. The minimum Gasteiger partial charge on any atom is -0.442 e. The van der Waals surface area contributed by atoms with Gasteiger partial charge in [0.2, 0.25) is 0 Å². The third kappa shape index (κ3) is 2.58. The lowest BCUT2D eigenvalue weighted by atomic mass is 10.1. The molecule has 1 aromatic carbocycles. The summed E-state index contributed by atoms with van der Waals surface area (Å²) in [6, 6.07) is 2.77. The first-order valence-corrected chi connectivity index (χ1v) is 5.69. The number of benzene rings is 1. The van der Waals surface area contributed by atoms with Gasteiger partial charge in [-0.25, -0.2) is 9.18 Å². The fraction of sp³-hybridized carbons (Fsp3) is 0.286. The van der Waals surface area contributed by atoms with E-state index in [1.807, 2.05) is 0 Å². The van der Waals surface area contributed by atoms with Crippen LogP contribution in [0.15, 0.2) is 18.3 Å². The Balaban J connectivity index is 2.52. The van der Waals surface area contributed by atoms with Crippen molar-refractivity contribution < 1.29 is 13.9 Å². The van der Waals surface area contributed by atoms with Gasteiger partial charge in [0.15, 0.2) is 5.82 Å². The monoisotopic (exact) mass is 260 g/mol. The van der Waals surface area contributed by atoms with E-state index in [2.05, 4.69) is 11.0 Å². The van der Waals surface area contributed by atoms with Crippen molar-refractivity contribution in [2.45, 2.75) is 26.4 Å². The zero-order valence-corrected chi connectivity index (χ0v) is 10.9. The number of rotatable bonds is 0. The molecule has 2 aromatic rings. The van der Waals surface area contributed by atoms with Crippen LogP contribution in [0, 0.1) is 18.2 Å². The van der Waals surface area contributed by atoms with Crippen LogP contribution in [0.3, 0.4) is 0 Å². The molecule has 0 saturated heterocycles. The van der Waals surface area contributed by atoms with Crippen molar-refractivity contribution in [1.29, 1.82) is 0 Å². The summed E-state index contributed by atoms with van der Waals surface area (Å²) in [6.45, 7) is 5.18. The van der Waals surface area contributed by atoms with E-state index in [1.165, 1.54) is 12.3 Å². The highest BCUT2D eigenvalue weighted by Gasteiger charge is 2.21. The molecule has 1 heterocycles. The molecule has 0 aliphatic rings. The number of nitrogens with zero attached hydrogens (tertiary/aromatic N) is 2. The average molecular weight is 260 g/mol. The van der Waals surface area contributed by atoms with Crippen LogP contribution in [0.25, 0.3) is 10.9 Å². The smallest absolute Gasteiger partial charge is 0.435 e. The summed E-state index contributed by atoms with van der Waals surface area (Å²) in [5, 5.41) is 4.31. The Bertz CT molecular complexity index is 690. The quantitative estimate of drug-likeness (QED) is 0.684. The van der Waals surface area contributed by atoms with Gasteiger partial charge in [-0.05, 0) is 32.9 Å². The maximum atomic E-state index is 14.0. The second-order valence-electron chi connectivity index (χ2n) is 5.08. The van der Waals surface area contributed by atoms with Crippen LogP contribution in [0.2, 0.25) is 0 Å². The van der Waals surface area contributed by atoms with Crippen molar-refractivity contribution in [1.82, 2.24) is 9.78 Å². The Kier molecular flexibility index (Phi) is 3.03. The van der Waals surface area contributed by atoms with Gasteiger partial charge >= 0.3 is 6.09 Å². The molecule has 5 heteroatoms. The summed E-state index contributed by atoms with van der Waals surface area (Å²) in [5.74, 6) is 1.74. The number of aromatic nitrogens is 2. The number of halogens is 1. The molecule has 0 bridgehead atoms. The molecule has 19 heavy (non-hydrogen) atoms. The number of carbonyl (C=O) groups excluding carboxylic acids is 1.